The Kier molecular flexibility index (Phi) is 1.22. The Morgan fingerprint density at radius 3 is 2.78 bits per heavy atom. The molecule has 9 heavy (non-hydrogen) atoms. The first-order valence-corrected chi connectivity index (χ1v) is 2.34. The van der Waals surface area contributed by atoms with Gasteiger partial charge in [0.15, 0.2) is 5.82 Å². The first-order chi connectivity index (χ1) is 4.20. The Morgan fingerprint density at radius 2 is 2.33 bits per heavy atom. The predicted octanol–water partition coefficient (Wildman–Crippen LogP) is 0.0962. The normalized spacial score (nSPS) is 9.44. The maximum Gasteiger partial charge on any atom is 0.219 e. The smallest absolute Gasteiger partial charge is 0.219 e. The van der Waals surface area contributed by atoms with E-state index in [2.05, 4.69) is 4.98 Å². The third kappa shape index (κ3) is 1.07. The van der Waals surface area contributed by atoms with E-state index in [1.807, 2.05) is 0 Å². The number of pyridine rings is 1. The summed E-state index contributed by atoms with van der Waals surface area (Å²) >= 11 is 0. The second kappa shape index (κ2) is 1.89. The minimum Gasteiger partial charge on any atom is -0.385 e. The van der Waals surface area contributed by atoms with Crippen LogP contribution in [-0.2, 0) is 0 Å². The predicted molar refractivity (Wildman–Crippen MR) is 31.4 cm³/mol. The number of rotatable bonds is 0. The van der Waals surface area contributed by atoms with Gasteiger partial charge in [-0.1, -0.05) is 0 Å². The molecule has 0 saturated heterocycles. The third-order valence-corrected chi connectivity index (χ3v) is 0.888. The van der Waals surface area contributed by atoms with Crippen LogP contribution in [0.1, 0.15) is 0 Å². The number of hydrogen-bond acceptors (Lipinski definition) is 2. The van der Waals surface area contributed by atoms with Crippen molar-refractivity contribution in [2.24, 2.45) is 0 Å². The van der Waals surface area contributed by atoms with Crippen LogP contribution >= 0.6 is 0 Å². The minimum absolute atomic E-state index is 0.168. The zero-order valence-electron chi connectivity index (χ0n) is 4.52. The van der Waals surface area contributed by atoms with E-state index < -0.39 is 11.2 Å². The number of nitrogens with one attached hydrogen (secondary N) is 1. The molecule has 1 heterocycles. The summed E-state index contributed by atoms with van der Waals surface area (Å²) in [5.74, 6) is -0.648. The summed E-state index contributed by atoms with van der Waals surface area (Å²) in [6, 6.07) is 0.995. The number of anilines is 1. The summed E-state index contributed by atoms with van der Waals surface area (Å²) < 4.78 is 12.1. The van der Waals surface area contributed by atoms with Gasteiger partial charge >= 0.3 is 0 Å². The largest absolute Gasteiger partial charge is 0.385 e. The molecule has 0 unspecified atom stereocenters. The monoisotopic (exact) mass is 128 g/mol. The van der Waals surface area contributed by atoms with Gasteiger partial charge in [0.25, 0.3) is 0 Å². The number of nitrogens with two attached hydrogens (primary N) is 1. The lowest BCUT2D eigenvalue weighted by molar-refractivity contribution is 0.611. The first kappa shape index (κ1) is 5.81. The molecule has 0 radical (unpaired) electrons. The molecule has 4 heteroatoms. The van der Waals surface area contributed by atoms with E-state index in [4.69, 9.17) is 5.73 Å². The highest BCUT2D eigenvalue weighted by atomic mass is 19.1. The quantitative estimate of drug-likeness (QED) is 0.520. The lowest BCUT2D eigenvalue weighted by atomic mass is 10.4. The van der Waals surface area contributed by atoms with Crippen LogP contribution in [0.5, 0.6) is 0 Å². The molecule has 0 amide bonds. The number of halogens is 1. The molecule has 0 aliphatic rings. The highest BCUT2D eigenvalue weighted by Crippen LogP contribution is 1.89. The zero-order valence-corrected chi connectivity index (χ0v) is 4.52. The minimum atomic E-state index is -0.816. The van der Waals surface area contributed by atoms with Crippen molar-refractivity contribution in [3.8, 4) is 0 Å². The summed E-state index contributed by atoms with van der Waals surface area (Å²) in [6.07, 6.45) is 0.928. The Morgan fingerprint density at radius 1 is 1.67 bits per heavy atom. The molecule has 0 bridgehead atoms. The Balaban J connectivity index is 3.34. The van der Waals surface area contributed by atoms with Crippen molar-refractivity contribution in [1.82, 2.24) is 4.98 Å². The van der Waals surface area contributed by atoms with Crippen molar-refractivity contribution in [2.75, 3.05) is 5.73 Å². The molecule has 3 N–H and O–H groups in total. The van der Waals surface area contributed by atoms with Crippen LogP contribution in [-0.4, -0.2) is 4.98 Å². The molecular weight excluding hydrogens is 123 g/mol. The molecule has 3 nitrogen and oxygen atoms in total. The molecule has 1 aromatic rings. The molecule has 0 atom stereocenters. The molecule has 0 fully saturated rings. The standard InChI is InChI=1S/C5H5FN2O/c6-3-2-8-5(7)1-4(3)9/h1-2H,(H3,7,8,9). The van der Waals surface area contributed by atoms with E-state index in [0.717, 1.165) is 12.3 Å². The van der Waals surface area contributed by atoms with Gasteiger partial charge in [-0.15, -0.1) is 0 Å². The maximum atomic E-state index is 12.1. The number of hydrogen-bond donors (Lipinski definition) is 2. The average molecular weight is 128 g/mol. The SMILES string of the molecule is Nc1cc(=O)c(F)c[nH]1. The molecule has 0 aliphatic carbocycles. The Hall–Kier alpha value is -1.32. The molecule has 1 rings (SSSR count). The lowest BCUT2D eigenvalue weighted by Crippen LogP contribution is -2.06. The van der Waals surface area contributed by atoms with Crippen molar-refractivity contribution < 1.29 is 4.39 Å². The molecule has 0 aromatic carbocycles. The first-order valence-electron chi connectivity index (χ1n) is 2.34. The second-order valence-electron chi connectivity index (χ2n) is 1.60. The number of aromatic nitrogens is 1. The zero-order chi connectivity index (χ0) is 6.85. The van der Waals surface area contributed by atoms with E-state index in [0.29, 0.717) is 0 Å². The second-order valence-corrected chi connectivity index (χ2v) is 1.60. The van der Waals surface area contributed by atoms with Crippen LogP contribution in [0.15, 0.2) is 17.1 Å². The summed E-state index contributed by atoms with van der Waals surface area (Å²) in [4.78, 5) is 12.7. The van der Waals surface area contributed by atoms with Crippen molar-refractivity contribution >= 4 is 5.82 Å². The van der Waals surface area contributed by atoms with E-state index in [-0.39, 0.29) is 5.82 Å². The van der Waals surface area contributed by atoms with Gasteiger partial charge in [0.1, 0.15) is 5.82 Å². The number of H-pyrrole nitrogens is 1. The average Bonchev–Trinajstić information content (AvgIpc) is 1.80. The van der Waals surface area contributed by atoms with Gasteiger partial charge in [-0.3, -0.25) is 4.79 Å². The van der Waals surface area contributed by atoms with Gasteiger partial charge in [-0.25, -0.2) is 4.39 Å². The summed E-state index contributed by atoms with van der Waals surface area (Å²) in [6.45, 7) is 0. The fourth-order valence-corrected chi connectivity index (χ4v) is 0.470. The van der Waals surface area contributed by atoms with Crippen LogP contribution in [0, 0.1) is 5.82 Å². The van der Waals surface area contributed by atoms with Crippen LogP contribution in [0.3, 0.4) is 0 Å². The van der Waals surface area contributed by atoms with E-state index in [1.54, 1.807) is 0 Å². The number of nitrogen functional groups attached to an aromatic ring is 1. The molecule has 0 aliphatic heterocycles. The Bertz CT molecular complexity index is 268. The van der Waals surface area contributed by atoms with E-state index in [9.17, 15) is 9.18 Å². The maximum absolute atomic E-state index is 12.1. The highest BCUT2D eigenvalue weighted by molar-refractivity contribution is 5.25. The van der Waals surface area contributed by atoms with Gasteiger partial charge in [0.2, 0.25) is 5.43 Å². The van der Waals surface area contributed by atoms with Crippen LogP contribution < -0.4 is 11.2 Å². The summed E-state index contributed by atoms with van der Waals surface area (Å²) in [5.41, 5.74) is 4.42. The van der Waals surface area contributed by atoms with Gasteiger partial charge in [-0.05, 0) is 0 Å². The fraction of sp³-hybridized carbons (Fsp3) is 0. The Labute approximate surface area is 50.3 Å². The summed E-state index contributed by atoms with van der Waals surface area (Å²) in [7, 11) is 0. The van der Waals surface area contributed by atoms with Crippen LogP contribution in [0.2, 0.25) is 0 Å². The molecule has 48 valence electrons. The third-order valence-electron chi connectivity index (χ3n) is 0.888. The van der Waals surface area contributed by atoms with Crippen molar-refractivity contribution in [2.45, 2.75) is 0 Å². The summed E-state index contributed by atoms with van der Waals surface area (Å²) in [5, 5.41) is 0. The van der Waals surface area contributed by atoms with Crippen molar-refractivity contribution in [3.05, 3.63) is 28.3 Å². The van der Waals surface area contributed by atoms with Crippen LogP contribution in [0.4, 0.5) is 10.2 Å². The molecular formula is C5H5FN2O. The number of aromatic amines is 1. The molecule has 0 saturated carbocycles. The van der Waals surface area contributed by atoms with Crippen molar-refractivity contribution in [3.63, 3.8) is 0 Å². The lowest BCUT2D eigenvalue weighted by Gasteiger charge is -1.88. The van der Waals surface area contributed by atoms with Gasteiger partial charge in [0.05, 0.1) is 0 Å². The van der Waals surface area contributed by atoms with Gasteiger partial charge < -0.3 is 10.7 Å². The van der Waals surface area contributed by atoms with E-state index in [1.165, 1.54) is 0 Å². The highest BCUT2D eigenvalue weighted by Gasteiger charge is 1.94. The molecule has 1 aromatic heterocycles. The van der Waals surface area contributed by atoms with Gasteiger partial charge in [0, 0.05) is 12.3 Å². The topological polar surface area (TPSA) is 58.9 Å². The van der Waals surface area contributed by atoms with E-state index >= 15 is 0 Å². The fourth-order valence-electron chi connectivity index (χ4n) is 0.470. The molecule has 0 spiro atoms. The van der Waals surface area contributed by atoms with Crippen LogP contribution in [0.25, 0.3) is 0 Å². The van der Waals surface area contributed by atoms with Gasteiger partial charge in [-0.2, -0.15) is 0 Å². The van der Waals surface area contributed by atoms with Crippen molar-refractivity contribution in [1.29, 1.82) is 0 Å².